The zero-order valence-electron chi connectivity index (χ0n) is 5.69. The van der Waals surface area contributed by atoms with Gasteiger partial charge in [0.2, 0.25) is 0 Å². The highest BCUT2D eigenvalue weighted by molar-refractivity contribution is 6.20. The van der Waals surface area contributed by atoms with Crippen LogP contribution in [0.2, 0.25) is 0 Å². The second-order valence-electron chi connectivity index (χ2n) is 1.91. The molecule has 0 fully saturated rings. The fraction of sp³-hybridized carbons (Fsp3) is 0.833. The monoisotopic (exact) mass is 150 g/mol. The molecular weight excluding hydrogens is 140 g/mol. The summed E-state index contributed by atoms with van der Waals surface area (Å²) in [5.74, 6) is -0.243. The molecule has 2 nitrogen and oxygen atoms in total. The maximum Gasteiger partial charge on any atom is 0.302 e. The molecule has 0 aliphatic rings. The molecule has 0 aliphatic heterocycles. The van der Waals surface area contributed by atoms with Crippen molar-refractivity contribution in [2.75, 3.05) is 6.61 Å². The molecule has 0 rings (SSSR count). The first-order valence-corrected chi connectivity index (χ1v) is 3.34. The lowest BCUT2D eigenvalue weighted by Gasteiger charge is -2.01. The van der Waals surface area contributed by atoms with Gasteiger partial charge >= 0.3 is 5.97 Å². The van der Waals surface area contributed by atoms with Gasteiger partial charge in [0.1, 0.15) is 0 Å². The van der Waals surface area contributed by atoms with E-state index in [-0.39, 0.29) is 11.3 Å². The van der Waals surface area contributed by atoms with Gasteiger partial charge in [-0.3, -0.25) is 4.79 Å². The van der Waals surface area contributed by atoms with Crippen LogP contribution in [0.1, 0.15) is 20.3 Å². The van der Waals surface area contributed by atoms with Gasteiger partial charge in [-0.2, -0.15) is 0 Å². The first-order chi connectivity index (χ1) is 4.13. The minimum atomic E-state index is -0.243. The largest absolute Gasteiger partial charge is 0.466 e. The third-order valence-corrected chi connectivity index (χ3v) is 1.04. The fourth-order valence-corrected chi connectivity index (χ4v) is 0.454. The van der Waals surface area contributed by atoms with E-state index in [9.17, 15) is 4.79 Å². The first-order valence-electron chi connectivity index (χ1n) is 2.90. The van der Waals surface area contributed by atoms with Crippen molar-refractivity contribution in [1.82, 2.24) is 0 Å². The van der Waals surface area contributed by atoms with E-state index in [2.05, 4.69) is 4.74 Å². The van der Waals surface area contributed by atoms with Gasteiger partial charge in [0.15, 0.2) is 0 Å². The summed E-state index contributed by atoms with van der Waals surface area (Å²) >= 11 is 5.57. The van der Waals surface area contributed by atoms with E-state index < -0.39 is 0 Å². The van der Waals surface area contributed by atoms with Crippen LogP contribution in [0.4, 0.5) is 0 Å². The number of carbonyl (C=O) groups excluding carboxylic acids is 1. The molecular formula is C6H11ClO2. The molecule has 3 heteroatoms. The molecule has 0 bridgehead atoms. The van der Waals surface area contributed by atoms with Crippen LogP contribution in [0.15, 0.2) is 0 Å². The van der Waals surface area contributed by atoms with Gasteiger partial charge in [0.05, 0.1) is 6.61 Å². The van der Waals surface area contributed by atoms with Crippen molar-refractivity contribution in [1.29, 1.82) is 0 Å². The van der Waals surface area contributed by atoms with Gasteiger partial charge in [-0.25, -0.2) is 0 Å². The Morgan fingerprint density at radius 3 is 2.67 bits per heavy atom. The molecule has 0 radical (unpaired) electrons. The average molecular weight is 151 g/mol. The molecule has 1 atom stereocenters. The molecule has 0 aromatic heterocycles. The lowest BCUT2D eigenvalue weighted by molar-refractivity contribution is -0.141. The summed E-state index contributed by atoms with van der Waals surface area (Å²) in [5.41, 5.74) is 0. The summed E-state index contributed by atoms with van der Waals surface area (Å²) in [6, 6.07) is 0. The van der Waals surface area contributed by atoms with Crippen molar-refractivity contribution in [3.05, 3.63) is 0 Å². The highest BCUT2D eigenvalue weighted by Gasteiger charge is 1.96. The zero-order valence-corrected chi connectivity index (χ0v) is 6.44. The first kappa shape index (κ1) is 8.76. The van der Waals surface area contributed by atoms with Crippen molar-refractivity contribution >= 4 is 17.6 Å². The van der Waals surface area contributed by atoms with Gasteiger partial charge < -0.3 is 4.74 Å². The van der Waals surface area contributed by atoms with Gasteiger partial charge in [0.25, 0.3) is 0 Å². The fourth-order valence-electron chi connectivity index (χ4n) is 0.365. The van der Waals surface area contributed by atoms with Crippen molar-refractivity contribution < 1.29 is 9.53 Å². The number of hydrogen-bond acceptors (Lipinski definition) is 2. The Bertz CT molecular complexity index is 91.1. The standard InChI is InChI=1S/C6H11ClO2/c1-5(7)3-4-9-6(2)8/h5H,3-4H2,1-2H3. The number of esters is 1. The molecule has 9 heavy (non-hydrogen) atoms. The highest BCUT2D eigenvalue weighted by Crippen LogP contribution is 1.99. The van der Waals surface area contributed by atoms with Crippen LogP contribution in [-0.4, -0.2) is 18.0 Å². The van der Waals surface area contributed by atoms with Crippen LogP contribution in [0.5, 0.6) is 0 Å². The summed E-state index contributed by atoms with van der Waals surface area (Å²) in [7, 11) is 0. The van der Waals surface area contributed by atoms with E-state index in [0.29, 0.717) is 6.61 Å². The summed E-state index contributed by atoms with van der Waals surface area (Å²) in [5, 5.41) is 0.0874. The number of alkyl halides is 1. The van der Waals surface area contributed by atoms with Crippen molar-refractivity contribution in [3.63, 3.8) is 0 Å². The minimum Gasteiger partial charge on any atom is -0.466 e. The smallest absolute Gasteiger partial charge is 0.302 e. The SMILES string of the molecule is CC(=O)OCCC(C)Cl. The third kappa shape index (κ3) is 7.76. The number of carbonyl (C=O) groups is 1. The normalized spacial score (nSPS) is 12.8. The molecule has 0 aromatic carbocycles. The topological polar surface area (TPSA) is 26.3 Å². The van der Waals surface area contributed by atoms with Crippen molar-refractivity contribution in [3.8, 4) is 0 Å². The molecule has 0 amide bonds. The predicted octanol–water partition coefficient (Wildman–Crippen LogP) is 1.57. The Kier molecular flexibility index (Phi) is 4.50. The van der Waals surface area contributed by atoms with E-state index >= 15 is 0 Å². The second kappa shape index (κ2) is 4.62. The van der Waals surface area contributed by atoms with E-state index in [0.717, 1.165) is 6.42 Å². The van der Waals surface area contributed by atoms with E-state index in [1.54, 1.807) is 0 Å². The van der Waals surface area contributed by atoms with Crippen LogP contribution in [0, 0.1) is 0 Å². The molecule has 0 heterocycles. The van der Waals surface area contributed by atoms with E-state index in [4.69, 9.17) is 11.6 Å². The molecule has 0 aromatic rings. The summed E-state index contributed by atoms with van der Waals surface area (Å²) in [4.78, 5) is 10.2. The van der Waals surface area contributed by atoms with E-state index in [1.165, 1.54) is 6.92 Å². The quantitative estimate of drug-likeness (QED) is 0.451. The Morgan fingerprint density at radius 1 is 1.78 bits per heavy atom. The Labute approximate surface area is 60.1 Å². The number of halogens is 1. The lowest BCUT2D eigenvalue weighted by Crippen LogP contribution is -2.04. The van der Waals surface area contributed by atoms with Crippen LogP contribution in [0.3, 0.4) is 0 Å². The summed E-state index contributed by atoms with van der Waals surface area (Å²) in [6.07, 6.45) is 0.723. The number of hydrogen-bond donors (Lipinski definition) is 0. The molecule has 54 valence electrons. The van der Waals surface area contributed by atoms with Crippen LogP contribution >= 0.6 is 11.6 Å². The Balaban J connectivity index is 3.01. The number of ether oxygens (including phenoxy) is 1. The molecule has 1 unspecified atom stereocenters. The summed E-state index contributed by atoms with van der Waals surface area (Å²) < 4.78 is 4.63. The van der Waals surface area contributed by atoms with E-state index in [1.807, 2.05) is 6.92 Å². The highest BCUT2D eigenvalue weighted by atomic mass is 35.5. The van der Waals surface area contributed by atoms with Crippen LogP contribution in [-0.2, 0) is 9.53 Å². The molecule has 0 aliphatic carbocycles. The number of rotatable bonds is 3. The average Bonchev–Trinajstić information content (AvgIpc) is 1.63. The van der Waals surface area contributed by atoms with Crippen molar-refractivity contribution in [2.45, 2.75) is 25.6 Å². The molecule has 0 spiro atoms. The lowest BCUT2D eigenvalue weighted by atomic mass is 10.3. The zero-order chi connectivity index (χ0) is 7.28. The van der Waals surface area contributed by atoms with Crippen molar-refractivity contribution in [2.24, 2.45) is 0 Å². The Hall–Kier alpha value is -0.240. The van der Waals surface area contributed by atoms with Gasteiger partial charge in [-0.05, 0) is 13.3 Å². The van der Waals surface area contributed by atoms with Gasteiger partial charge in [-0.15, -0.1) is 11.6 Å². The maximum atomic E-state index is 10.2. The summed E-state index contributed by atoms with van der Waals surface area (Å²) in [6.45, 7) is 3.68. The molecule has 0 saturated heterocycles. The van der Waals surface area contributed by atoms with Crippen LogP contribution < -0.4 is 0 Å². The maximum absolute atomic E-state index is 10.2. The predicted molar refractivity (Wildman–Crippen MR) is 36.6 cm³/mol. The molecule has 0 saturated carbocycles. The van der Waals surface area contributed by atoms with Gasteiger partial charge in [0, 0.05) is 12.3 Å². The second-order valence-corrected chi connectivity index (χ2v) is 2.65. The Morgan fingerprint density at radius 2 is 2.33 bits per heavy atom. The van der Waals surface area contributed by atoms with Crippen LogP contribution in [0.25, 0.3) is 0 Å². The minimum absolute atomic E-state index is 0.0874. The van der Waals surface area contributed by atoms with Gasteiger partial charge in [-0.1, -0.05) is 0 Å². The third-order valence-electron chi connectivity index (χ3n) is 0.821. The molecule has 0 N–H and O–H groups in total.